The van der Waals surface area contributed by atoms with Crippen molar-refractivity contribution in [2.75, 3.05) is 32.6 Å². The Morgan fingerprint density at radius 3 is 2.80 bits per heavy atom. The van der Waals surface area contributed by atoms with Crippen LogP contribution in [-0.2, 0) is 11.3 Å². The van der Waals surface area contributed by atoms with Gasteiger partial charge in [0.05, 0.1) is 29.9 Å². The Morgan fingerprint density at radius 1 is 1.20 bits per heavy atom. The Hall–Kier alpha value is -3.20. The van der Waals surface area contributed by atoms with Crippen LogP contribution >= 0.6 is 11.7 Å². The second-order valence-corrected chi connectivity index (χ2v) is 8.05. The molecule has 2 heterocycles. The molecule has 1 aliphatic heterocycles. The van der Waals surface area contributed by atoms with Crippen LogP contribution in [0.2, 0.25) is 0 Å². The fourth-order valence-electron chi connectivity index (χ4n) is 3.42. The van der Waals surface area contributed by atoms with Gasteiger partial charge in [-0.3, -0.25) is 9.59 Å². The summed E-state index contributed by atoms with van der Waals surface area (Å²) in [7, 11) is 5.36. The topological polar surface area (TPSA) is 87.7 Å². The molecule has 0 bridgehead atoms. The summed E-state index contributed by atoms with van der Waals surface area (Å²) >= 11 is 1.18. The van der Waals surface area contributed by atoms with Gasteiger partial charge in [0, 0.05) is 33.3 Å². The fraction of sp³-hybridized carbons (Fsp3) is 0.333. The predicted octanol–water partition coefficient (Wildman–Crippen LogP) is 2.30. The molecule has 30 heavy (non-hydrogen) atoms. The highest BCUT2D eigenvalue weighted by Gasteiger charge is 2.27. The molecule has 156 valence electrons. The van der Waals surface area contributed by atoms with Gasteiger partial charge in [-0.15, -0.1) is 0 Å². The van der Waals surface area contributed by atoms with E-state index in [1.54, 1.807) is 20.2 Å². The molecular formula is C21H23N5O3S. The van der Waals surface area contributed by atoms with Crippen LogP contribution < -0.4 is 15.0 Å². The van der Waals surface area contributed by atoms with Crippen molar-refractivity contribution in [1.29, 1.82) is 0 Å². The summed E-state index contributed by atoms with van der Waals surface area (Å²) < 4.78 is 14.3. The monoisotopic (exact) mass is 425 g/mol. The Bertz CT molecular complexity index is 1100. The predicted molar refractivity (Wildman–Crippen MR) is 116 cm³/mol. The van der Waals surface area contributed by atoms with Crippen molar-refractivity contribution in [3.05, 3.63) is 47.5 Å². The molecule has 3 aromatic rings. The highest BCUT2D eigenvalue weighted by molar-refractivity contribution is 7.00. The number of rotatable bonds is 5. The van der Waals surface area contributed by atoms with Crippen LogP contribution in [0, 0.1) is 0 Å². The van der Waals surface area contributed by atoms with Gasteiger partial charge in [-0.1, -0.05) is 6.07 Å². The maximum absolute atomic E-state index is 12.5. The zero-order valence-electron chi connectivity index (χ0n) is 17.1. The van der Waals surface area contributed by atoms with Crippen LogP contribution in [0.3, 0.4) is 0 Å². The van der Waals surface area contributed by atoms with Gasteiger partial charge in [0.1, 0.15) is 23.4 Å². The number of hydrogen-bond acceptors (Lipinski definition) is 7. The van der Waals surface area contributed by atoms with Crippen molar-refractivity contribution < 1.29 is 14.3 Å². The molecule has 1 N–H and O–H groups in total. The minimum absolute atomic E-state index is 0.0593. The van der Waals surface area contributed by atoms with Crippen molar-refractivity contribution in [3.63, 3.8) is 0 Å². The molecule has 4 rings (SSSR count). The van der Waals surface area contributed by atoms with Crippen LogP contribution in [0.4, 0.5) is 5.69 Å². The van der Waals surface area contributed by atoms with Crippen molar-refractivity contribution in [3.8, 4) is 5.75 Å². The molecule has 0 saturated heterocycles. The molecule has 2 amide bonds. The summed E-state index contributed by atoms with van der Waals surface area (Å²) in [4.78, 5) is 28.4. The molecule has 1 atom stereocenters. The molecule has 1 aliphatic rings. The third-order valence-corrected chi connectivity index (χ3v) is 5.76. The van der Waals surface area contributed by atoms with E-state index in [1.165, 1.54) is 16.6 Å². The van der Waals surface area contributed by atoms with E-state index >= 15 is 0 Å². The van der Waals surface area contributed by atoms with E-state index in [2.05, 4.69) is 14.1 Å². The number of ether oxygens (including phenoxy) is 1. The lowest BCUT2D eigenvalue weighted by Crippen LogP contribution is -2.43. The number of nitrogens with zero attached hydrogens (tertiary/aromatic N) is 4. The summed E-state index contributed by atoms with van der Waals surface area (Å²) in [5.41, 5.74) is 4.09. The standard InChI is InChI=1S/C21H23N5O3S/c1-25(2)21(28)14-5-7-19-18(9-14)26(3)15(12-29-19)10-20(27)22-11-13-4-6-16-17(8-13)24-30-23-16/h4-9,15H,10-12H2,1-3H3,(H,22,27). The lowest BCUT2D eigenvalue weighted by molar-refractivity contribution is -0.121. The molecule has 1 unspecified atom stereocenters. The average Bonchev–Trinajstić information content (AvgIpc) is 3.21. The number of nitrogens with one attached hydrogen (secondary N) is 1. The number of benzene rings is 2. The largest absolute Gasteiger partial charge is 0.489 e. The lowest BCUT2D eigenvalue weighted by atomic mass is 10.1. The minimum atomic E-state index is -0.118. The average molecular weight is 426 g/mol. The Labute approximate surface area is 178 Å². The van der Waals surface area contributed by atoms with E-state index in [1.807, 2.05) is 42.3 Å². The van der Waals surface area contributed by atoms with Gasteiger partial charge in [0.25, 0.3) is 5.91 Å². The number of aromatic nitrogens is 2. The first kappa shape index (κ1) is 20.1. The van der Waals surface area contributed by atoms with E-state index in [4.69, 9.17) is 4.74 Å². The van der Waals surface area contributed by atoms with Gasteiger partial charge < -0.3 is 19.9 Å². The SMILES string of the molecule is CN(C)C(=O)c1ccc2c(c1)N(C)C(CC(=O)NCc1ccc3nsnc3c1)CO2. The molecule has 0 spiro atoms. The first-order valence-corrected chi connectivity index (χ1v) is 10.3. The molecule has 9 heteroatoms. The normalized spacial score (nSPS) is 15.4. The first-order valence-electron chi connectivity index (χ1n) is 9.61. The van der Waals surface area contributed by atoms with E-state index < -0.39 is 0 Å². The smallest absolute Gasteiger partial charge is 0.253 e. The minimum Gasteiger partial charge on any atom is -0.489 e. The fourth-order valence-corrected chi connectivity index (χ4v) is 3.94. The quantitative estimate of drug-likeness (QED) is 0.675. The number of amides is 2. The second-order valence-electron chi connectivity index (χ2n) is 7.53. The van der Waals surface area contributed by atoms with E-state index in [-0.39, 0.29) is 17.9 Å². The van der Waals surface area contributed by atoms with E-state index in [9.17, 15) is 9.59 Å². The zero-order valence-corrected chi connectivity index (χ0v) is 17.9. The van der Waals surface area contributed by atoms with Gasteiger partial charge in [-0.05, 0) is 35.9 Å². The van der Waals surface area contributed by atoms with Crippen LogP contribution in [0.5, 0.6) is 5.75 Å². The molecule has 0 saturated carbocycles. The summed E-state index contributed by atoms with van der Waals surface area (Å²) in [5, 5.41) is 2.97. The third kappa shape index (κ3) is 4.06. The molecule has 2 aromatic carbocycles. The number of hydrogen-bond donors (Lipinski definition) is 1. The van der Waals surface area contributed by atoms with Crippen LogP contribution in [0.15, 0.2) is 36.4 Å². The lowest BCUT2D eigenvalue weighted by Gasteiger charge is -2.35. The second kappa shape index (κ2) is 8.27. The van der Waals surface area contributed by atoms with Gasteiger partial charge in [-0.25, -0.2) is 0 Å². The summed E-state index contributed by atoms with van der Waals surface area (Å²) in [6, 6.07) is 11.1. The molecule has 8 nitrogen and oxygen atoms in total. The molecule has 0 radical (unpaired) electrons. The van der Waals surface area contributed by atoms with Crippen LogP contribution in [0.25, 0.3) is 11.0 Å². The molecule has 1 aromatic heterocycles. The van der Waals surface area contributed by atoms with E-state index in [0.717, 1.165) is 28.0 Å². The van der Waals surface area contributed by atoms with Crippen LogP contribution in [0.1, 0.15) is 22.3 Å². The van der Waals surface area contributed by atoms with Crippen molar-refractivity contribution in [2.24, 2.45) is 0 Å². The van der Waals surface area contributed by atoms with Gasteiger partial charge >= 0.3 is 0 Å². The number of carbonyl (C=O) groups excluding carboxylic acids is 2. The number of fused-ring (bicyclic) bond motifs is 2. The number of carbonyl (C=O) groups is 2. The molecule has 0 fully saturated rings. The number of anilines is 1. The summed E-state index contributed by atoms with van der Waals surface area (Å²) in [6.07, 6.45) is 0.294. The van der Waals surface area contributed by atoms with Gasteiger partial charge in [-0.2, -0.15) is 8.75 Å². The van der Waals surface area contributed by atoms with Gasteiger partial charge in [0.15, 0.2) is 0 Å². The zero-order chi connectivity index (χ0) is 21.3. The summed E-state index contributed by atoms with van der Waals surface area (Å²) in [6.45, 7) is 0.843. The summed E-state index contributed by atoms with van der Waals surface area (Å²) in [5.74, 6) is 0.587. The van der Waals surface area contributed by atoms with Crippen molar-refractivity contribution in [2.45, 2.75) is 19.0 Å². The van der Waals surface area contributed by atoms with Crippen LogP contribution in [-0.4, -0.2) is 59.3 Å². The molecule has 0 aliphatic carbocycles. The Balaban J connectivity index is 1.39. The highest BCUT2D eigenvalue weighted by Crippen LogP contribution is 2.34. The Morgan fingerprint density at radius 2 is 2.00 bits per heavy atom. The van der Waals surface area contributed by atoms with E-state index in [0.29, 0.717) is 25.1 Å². The highest BCUT2D eigenvalue weighted by atomic mass is 32.1. The third-order valence-electron chi connectivity index (χ3n) is 5.20. The maximum Gasteiger partial charge on any atom is 0.253 e. The molecular weight excluding hydrogens is 402 g/mol. The van der Waals surface area contributed by atoms with Crippen molar-refractivity contribution in [1.82, 2.24) is 19.0 Å². The first-order chi connectivity index (χ1) is 14.4. The van der Waals surface area contributed by atoms with Crippen molar-refractivity contribution >= 4 is 40.3 Å². The maximum atomic E-state index is 12.5. The van der Waals surface area contributed by atoms with Gasteiger partial charge in [0.2, 0.25) is 5.91 Å². The Kier molecular flexibility index (Phi) is 5.54. The number of likely N-dealkylation sites (N-methyl/N-ethyl adjacent to an activating group) is 1.